The summed E-state index contributed by atoms with van der Waals surface area (Å²) in [6.07, 6.45) is 0. The zero-order valence-corrected chi connectivity index (χ0v) is 11.1. The highest BCUT2D eigenvalue weighted by molar-refractivity contribution is 6.06. The number of ether oxygens (including phenoxy) is 1. The number of rotatable bonds is 3. The summed E-state index contributed by atoms with van der Waals surface area (Å²) in [5.41, 5.74) is 0.830. The molecule has 2 N–H and O–H groups in total. The summed E-state index contributed by atoms with van der Waals surface area (Å²) < 4.78 is 18.6. The topological polar surface area (TPSA) is 58.6 Å². The monoisotopic (exact) mass is 275 g/mol. The van der Waals surface area contributed by atoms with Crippen LogP contribution in [0.5, 0.6) is 11.5 Å². The molecule has 4 nitrogen and oxygen atoms in total. The molecule has 0 saturated heterocycles. The average molecular weight is 275 g/mol. The molecule has 0 aromatic heterocycles. The Morgan fingerprint density at radius 3 is 2.70 bits per heavy atom. The lowest BCUT2D eigenvalue weighted by Gasteiger charge is -2.10. The second-order valence-electron chi connectivity index (χ2n) is 4.29. The second kappa shape index (κ2) is 5.61. The van der Waals surface area contributed by atoms with Crippen LogP contribution in [0.25, 0.3) is 0 Å². The number of halogens is 1. The van der Waals surface area contributed by atoms with Gasteiger partial charge in [0.2, 0.25) is 0 Å². The third-order valence-corrected chi connectivity index (χ3v) is 2.84. The van der Waals surface area contributed by atoms with Gasteiger partial charge in [-0.15, -0.1) is 0 Å². The number of para-hydroxylation sites is 1. The first-order valence-electron chi connectivity index (χ1n) is 5.96. The summed E-state index contributed by atoms with van der Waals surface area (Å²) in [5.74, 6) is -1.23. The maximum atomic E-state index is 13.7. The summed E-state index contributed by atoms with van der Waals surface area (Å²) in [5, 5.41) is 12.3. The van der Waals surface area contributed by atoms with Crippen molar-refractivity contribution in [3.05, 3.63) is 53.3 Å². The van der Waals surface area contributed by atoms with Crippen molar-refractivity contribution in [3.8, 4) is 11.5 Å². The molecule has 0 aliphatic carbocycles. The predicted molar refractivity (Wildman–Crippen MR) is 73.7 cm³/mol. The number of aryl methyl sites for hydroxylation is 1. The fourth-order valence-electron chi connectivity index (χ4n) is 1.78. The highest BCUT2D eigenvalue weighted by Gasteiger charge is 2.16. The minimum absolute atomic E-state index is 0.0179. The fourth-order valence-corrected chi connectivity index (χ4v) is 1.78. The molecule has 2 rings (SSSR count). The van der Waals surface area contributed by atoms with Crippen LogP contribution in [0.15, 0.2) is 36.4 Å². The molecule has 0 heterocycles. The quantitative estimate of drug-likeness (QED) is 0.905. The molecule has 0 aliphatic rings. The standard InChI is InChI=1S/C15H14FNO3/c1-9-6-7-12(11(16)8-9)17-15(19)10-4-3-5-13(20-2)14(10)18/h3-8,18H,1-2H3,(H,17,19). The van der Waals surface area contributed by atoms with Crippen molar-refractivity contribution in [2.75, 3.05) is 12.4 Å². The smallest absolute Gasteiger partial charge is 0.259 e. The Hall–Kier alpha value is -2.56. The molecule has 0 unspecified atom stereocenters. The van der Waals surface area contributed by atoms with Gasteiger partial charge < -0.3 is 15.2 Å². The Bertz CT molecular complexity index is 656. The molecule has 2 aromatic carbocycles. The van der Waals surface area contributed by atoms with Crippen molar-refractivity contribution in [3.63, 3.8) is 0 Å². The number of aromatic hydroxyl groups is 1. The van der Waals surface area contributed by atoms with E-state index < -0.39 is 11.7 Å². The average Bonchev–Trinajstić information content (AvgIpc) is 2.42. The maximum absolute atomic E-state index is 13.7. The number of carbonyl (C=O) groups is 1. The van der Waals surface area contributed by atoms with Gasteiger partial charge in [-0.05, 0) is 36.8 Å². The Morgan fingerprint density at radius 2 is 2.05 bits per heavy atom. The van der Waals surface area contributed by atoms with Crippen LogP contribution in [0.1, 0.15) is 15.9 Å². The van der Waals surface area contributed by atoms with Crippen molar-refractivity contribution in [1.29, 1.82) is 0 Å². The number of hydrogen-bond acceptors (Lipinski definition) is 3. The van der Waals surface area contributed by atoms with Gasteiger partial charge in [-0.1, -0.05) is 12.1 Å². The van der Waals surface area contributed by atoms with Crippen molar-refractivity contribution in [2.45, 2.75) is 6.92 Å². The van der Waals surface area contributed by atoms with Gasteiger partial charge in [0.25, 0.3) is 5.91 Å². The van der Waals surface area contributed by atoms with Gasteiger partial charge in [-0.25, -0.2) is 4.39 Å². The molecule has 0 atom stereocenters. The molecule has 0 aliphatic heterocycles. The normalized spacial score (nSPS) is 10.2. The number of anilines is 1. The summed E-state index contributed by atoms with van der Waals surface area (Å²) in [4.78, 5) is 12.0. The molecule has 0 radical (unpaired) electrons. The second-order valence-corrected chi connectivity index (χ2v) is 4.29. The largest absolute Gasteiger partial charge is 0.504 e. The number of hydrogen-bond donors (Lipinski definition) is 2. The van der Waals surface area contributed by atoms with E-state index in [9.17, 15) is 14.3 Å². The molecule has 0 fully saturated rings. The zero-order chi connectivity index (χ0) is 14.7. The highest BCUT2D eigenvalue weighted by atomic mass is 19.1. The number of phenolic OH excluding ortho intramolecular Hbond substituents is 1. The van der Waals surface area contributed by atoms with Crippen LogP contribution < -0.4 is 10.1 Å². The van der Waals surface area contributed by atoms with E-state index in [0.717, 1.165) is 5.56 Å². The van der Waals surface area contributed by atoms with Crippen LogP contribution in [-0.4, -0.2) is 18.1 Å². The number of carbonyl (C=O) groups excluding carboxylic acids is 1. The summed E-state index contributed by atoms with van der Waals surface area (Å²) in [6.45, 7) is 1.75. The lowest BCUT2D eigenvalue weighted by Crippen LogP contribution is -2.13. The van der Waals surface area contributed by atoms with Crippen LogP contribution in [0.2, 0.25) is 0 Å². The predicted octanol–water partition coefficient (Wildman–Crippen LogP) is 3.10. The van der Waals surface area contributed by atoms with Gasteiger partial charge in [0.05, 0.1) is 18.4 Å². The molecule has 0 spiro atoms. The van der Waals surface area contributed by atoms with Crippen LogP contribution >= 0.6 is 0 Å². The molecule has 5 heteroatoms. The summed E-state index contributed by atoms with van der Waals surface area (Å²) in [7, 11) is 1.39. The minimum Gasteiger partial charge on any atom is -0.504 e. The number of benzene rings is 2. The van der Waals surface area contributed by atoms with E-state index in [0.29, 0.717) is 0 Å². The van der Waals surface area contributed by atoms with Crippen molar-refractivity contribution >= 4 is 11.6 Å². The molecular weight excluding hydrogens is 261 g/mol. The van der Waals surface area contributed by atoms with Crippen molar-refractivity contribution in [1.82, 2.24) is 0 Å². The molecular formula is C15H14FNO3. The first-order valence-corrected chi connectivity index (χ1v) is 5.96. The Morgan fingerprint density at radius 1 is 1.30 bits per heavy atom. The number of phenols is 1. The Kier molecular flexibility index (Phi) is 3.89. The van der Waals surface area contributed by atoms with E-state index in [4.69, 9.17) is 4.74 Å². The lowest BCUT2D eigenvalue weighted by atomic mass is 10.1. The number of amides is 1. The fraction of sp³-hybridized carbons (Fsp3) is 0.133. The highest BCUT2D eigenvalue weighted by Crippen LogP contribution is 2.30. The van der Waals surface area contributed by atoms with Crippen LogP contribution in [0, 0.1) is 12.7 Å². The molecule has 1 amide bonds. The van der Waals surface area contributed by atoms with E-state index in [2.05, 4.69) is 5.32 Å². The van der Waals surface area contributed by atoms with Gasteiger partial charge in [-0.2, -0.15) is 0 Å². The molecule has 0 bridgehead atoms. The number of nitrogens with one attached hydrogen (secondary N) is 1. The van der Waals surface area contributed by atoms with Crippen LogP contribution in [0.3, 0.4) is 0 Å². The third-order valence-electron chi connectivity index (χ3n) is 2.84. The molecule has 104 valence electrons. The van der Waals surface area contributed by atoms with E-state index in [1.165, 1.54) is 31.4 Å². The van der Waals surface area contributed by atoms with Crippen LogP contribution in [0.4, 0.5) is 10.1 Å². The first kappa shape index (κ1) is 13.9. The third kappa shape index (κ3) is 2.71. The van der Waals surface area contributed by atoms with E-state index in [1.807, 2.05) is 0 Å². The number of methoxy groups -OCH3 is 1. The van der Waals surface area contributed by atoms with Gasteiger partial charge in [0, 0.05) is 0 Å². The molecule has 2 aromatic rings. The minimum atomic E-state index is -0.607. The SMILES string of the molecule is COc1cccc(C(=O)Nc2ccc(C)cc2F)c1O. The Balaban J connectivity index is 2.28. The Labute approximate surface area is 115 Å². The summed E-state index contributed by atoms with van der Waals surface area (Å²) >= 11 is 0. The van der Waals surface area contributed by atoms with Gasteiger partial charge in [0.1, 0.15) is 5.82 Å². The molecule has 20 heavy (non-hydrogen) atoms. The van der Waals surface area contributed by atoms with Crippen molar-refractivity contribution < 1.29 is 19.0 Å². The van der Waals surface area contributed by atoms with Crippen LogP contribution in [-0.2, 0) is 0 Å². The summed E-state index contributed by atoms with van der Waals surface area (Å²) in [6, 6.07) is 9.00. The molecule has 0 saturated carbocycles. The van der Waals surface area contributed by atoms with E-state index in [1.54, 1.807) is 19.1 Å². The maximum Gasteiger partial charge on any atom is 0.259 e. The lowest BCUT2D eigenvalue weighted by molar-refractivity contribution is 0.102. The van der Waals surface area contributed by atoms with Gasteiger partial charge >= 0.3 is 0 Å². The zero-order valence-electron chi connectivity index (χ0n) is 11.1. The van der Waals surface area contributed by atoms with Gasteiger partial charge in [-0.3, -0.25) is 4.79 Å². The van der Waals surface area contributed by atoms with E-state index >= 15 is 0 Å². The van der Waals surface area contributed by atoms with E-state index in [-0.39, 0.29) is 22.7 Å². The first-order chi connectivity index (χ1) is 9.52. The van der Waals surface area contributed by atoms with Gasteiger partial charge in [0.15, 0.2) is 11.5 Å². The van der Waals surface area contributed by atoms with Crippen molar-refractivity contribution in [2.24, 2.45) is 0 Å².